The Bertz CT molecular complexity index is 129. The van der Waals surface area contributed by atoms with Crippen LogP contribution in [0, 0.1) is 0 Å². The second kappa shape index (κ2) is 10.2. The lowest BCUT2D eigenvalue weighted by molar-refractivity contribution is -0.131. The molecule has 0 aromatic heterocycles. The van der Waals surface area contributed by atoms with E-state index in [0.717, 1.165) is 45.7 Å². The van der Waals surface area contributed by atoms with E-state index in [9.17, 15) is 4.79 Å². The van der Waals surface area contributed by atoms with Gasteiger partial charge >= 0.3 is 5.97 Å². The molecule has 3 aliphatic heterocycles. The number of rotatable bonds is 1. The lowest BCUT2D eigenvalue weighted by Gasteiger charge is -1.64. The fourth-order valence-electron chi connectivity index (χ4n) is 0. The van der Waals surface area contributed by atoms with Crippen molar-refractivity contribution in [3.05, 3.63) is 12.7 Å². The standard InChI is InChI=1S/C3H4O2.3C2H4O/c1-2-3(4)5;3*1-2-3-1/h2H,1H2,(H,4,5);3*1-2H2. The molecule has 5 nitrogen and oxygen atoms in total. The van der Waals surface area contributed by atoms with Gasteiger partial charge in [-0.05, 0) is 0 Å². The minimum Gasteiger partial charge on any atom is -0.478 e. The second-order valence-electron chi connectivity index (χ2n) is 2.38. The van der Waals surface area contributed by atoms with E-state index in [-0.39, 0.29) is 0 Å². The zero-order valence-electron chi connectivity index (χ0n) is 8.11. The van der Waals surface area contributed by atoms with Crippen LogP contribution in [0.4, 0.5) is 0 Å². The van der Waals surface area contributed by atoms with E-state index in [1.807, 2.05) is 0 Å². The Morgan fingerprint density at radius 3 is 1.14 bits per heavy atom. The van der Waals surface area contributed by atoms with Crippen molar-refractivity contribution in [2.24, 2.45) is 0 Å². The highest BCUT2D eigenvalue weighted by molar-refractivity contribution is 5.78. The number of aliphatic carboxylic acids is 1. The summed E-state index contributed by atoms with van der Waals surface area (Å²) in [6.07, 6.45) is 0.833. The van der Waals surface area contributed by atoms with E-state index in [4.69, 9.17) is 5.11 Å². The minimum absolute atomic E-state index is 0.833. The molecule has 5 heteroatoms. The van der Waals surface area contributed by atoms with Crippen LogP contribution in [0.25, 0.3) is 0 Å². The molecule has 0 radical (unpaired) electrons. The van der Waals surface area contributed by atoms with Crippen LogP contribution in [0.5, 0.6) is 0 Å². The van der Waals surface area contributed by atoms with Crippen molar-refractivity contribution in [1.82, 2.24) is 0 Å². The summed E-state index contributed by atoms with van der Waals surface area (Å²) >= 11 is 0. The molecule has 0 amide bonds. The number of ether oxygens (including phenoxy) is 3. The zero-order valence-corrected chi connectivity index (χ0v) is 8.11. The van der Waals surface area contributed by atoms with Gasteiger partial charge in [-0.15, -0.1) is 0 Å². The predicted molar refractivity (Wildman–Crippen MR) is 50.3 cm³/mol. The van der Waals surface area contributed by atoms with E-state index in [2.05, 4.69) is 20.8 Å². The number of carboxylic acids is 1. The smallest absolute Gasteiger partial charge is 0.327 e. The first-order valence-electron chi connectivity index (χ1n) is 4.36. The Hall–Kier alpha value is -0.910. The number of epoxide rings is 3. The van der Waals surface area contributed by atoms with Gasteiger partial charge in [-0.3, -0.25) is 0 Å². The van der Waals surface area contributed by atoms with Gasteiger partial charge in [-0.2, -0.15) is 0 Å². The summed E-state index contributed by atoms with van der Waals surface area (Å²) in [5.41, 5.74) is 0. The van der Waals surface area contributed by atoms with Crippen LogP contribution in [0.2, 0.25) is 0 Å². The predicted octanol–water partition coefficient (Wildman–Crippen LogP) is 0.307. The van der Waals surface area contributed by atoms with Crippen LogP contribution < -0.4 is 0 Å². The minimum atomic E-state index is -0.981. The first-order valence-corrected chi connectivity index (χ1v) is 4.36. The van der Waals surface area contributed by atoms with Crippen LogP contribution in [-0.2, 0) is 19.0 Å². The monoisotopic (exact) mass is 204 g/mol. The van der Waals surface area contributed by atoms with Gasteiger partial charge in [-0.25, -0.2) is 4.79 Å². The van der Waals surface area contributed by atoms with Crippen molar-refractivity contribution in [3.8, 4) is 0 Å². The van der Waals surface area contributed by atoms with E-state index < -0.39 is 5.97 Å². The Kier molecular flexibility index (Phi) is 9.51. The molecular formula is C9H16O5. The molecule has 14 heavy (non-hydrogen) atoms. The second-order valence-corrected chi connectivity index (χ2v) is 2.38. The van der Waals surface area contributed by atoms with Crippen molar-refractivity contribution in [3.63, 3.8) is 0 Å². The highest BCUT2D eigenvalue weighted by Gasteiger charge is 1.94. The summed E-state index contributed by atoms with van der Waals surface area (Å²) in [5.74, 6) is -0.981. The molecule has 0 saturated carbocycles. The maximum atomic E-state index is 9.25. The molecule has 0 atom stereocenters. The van der Waals surface area contributed by atoms with Gasteiger partial charge < -0.3 is 19.3 Å². The molecule has 3 heterocycles. The summed E-state index contributed by atoms with van der Waals surface area (Å²) < 4.78 is 13.5. The van der Waals surface area contributed by atoms with Crippen molar-refractivity contribution in [2.45, 2.75) is 0 Å². The van der Waals surface area contributed by atoms with E-state index in [1.165, 1.54) is 0 Å². The summed E-state index contributed by atoms with van der Waals surface area (Å²) in [5, 5.41) is 7.60. The Morgan fingerprint density at radius 2 is 1.14 bits per heavy atom. The largest absolute Gasteiger partial charge is 0.478 e. The third-order valence-electron chi connectivity index (χ3n) is 0.787. The first kappa shape index (κ1) is 13.1. The molecule has 3 aliphatic rings. The van der Waals surface area contributed by atoms with Gasteiger partial charge in [0.15, 0.2) is 0 Å². The molecule has 0 spiro atoms. The number of hydrogen-bond acceptors (Lipinski definition) is 4. The average Bonchev–Trinajstić information content (AvgIpc) is 3.11. The Labute approximate surface area is 83.3 Å². The van der Waals surface area contributed by atoms with Gasteiger partial charge in [0, 0.05) is 6.08 Å². The SMILES string of the molecule is C1CO1.C1CO1.C1CO1.C=CC(=O)O. The van der Waals surface area contributed by atoms with E-state index >= 15 is 0 Å². The lowest BCUT2D eigenvalue weighted by atomic mass is 10.7. The van der Waals surface area contributed by atoms with Crippen molar-refractivity contribution in [2.75, 3.05) is 39.6 Å². The fourth-order valence-corrected chi connectivity index (χ4v) is 0. The van der Waals surface area contributed by atoms with E-state index in [0.29, 0.717) is 0 Å². The third-order valence-corrected chi connectivity index (χ3v) is 0.787. The maximum absolute atomic E-state index is 9.25. The molecule has 3 fully saturated rings. The van der Waals surface area contributed by atoms with Crippen LogP contribution in [0.3, 0.4) is 0 Å². The van der Waals surface area contributed by atoms with Gasteiger partial charge in [0.25, 0.3) is 0 Å². The van der Waals surface area contributed by atoms with Gasteiger partial charge in [-0.1, -0.05) is 6.58 Å². The molecule has 0 unspecified atom stereocenters. The van der Waals surface area contributed by atoms with Gasteiger partial charge in [0.05, 0.1) is 39.6 Å². The number of carboxylic acid groups (broad SMARTS) is 1. The molecule has 0 aromatic carbocycles. The molecule has 1 N–H and O–H groups in total. The Morgan fingerprint density at radius 1 is 1.00 bits per heavy atom. The highest BCUT2D eigenvalue weighted by atomic mass is 16.6. The van der Waals surface area contributed by atoms with Crippen LogP contribution in [0.1, 0.15) is 0 Å². The number of hydrogen-bond donors (Lipinski definition) is 1. The molecule has 3 saturated heterocycles. The molecular weight excluding hydrogens is 188 g/mol. The average molecular weight is 204 g/mol. The molecule has 0 bridgehead atoms. The summed E-state index contributed by atoms with van der Waals surface area (Å²) in [7, 11) is 0. The molecule has 82 valence electrons. The van der Waals surface area contributed by atoms with E-state index in [1.54, 1.807) is 0 Å². The summed E-state index contributed by atoms with van der Waals surface area (Å²) in [4.78, 5) is 9.25. The van der Waals surface area contributed by atoms with Gasteiger partial charge in [0.1, 0.15) is 0 Å². The first-order chi connectivity index (χ1) is 6.77. The fraction of sp³-hybridized carbons (Fsp3) is 0.667. The highest BCUT2D eigenvalue weighted by Crippen LogP contribution is 1.85. The quantitative estimate of drug-likeness (QED) is 0.491. The normalized spacial score (nSPS) is 17.7. The Balaban J connectivity index is 0.000000164. The molecule has 0 aliphatic carbocycles. The topological polar surface area (TPSA) is 74.9 Å². The van der Waals surface area contributed by atoms with Crippen molar-refractivity contribution >= 4 is 5.97 Å². The van der Waals surface area contributed by atoms with Crippen LogP contribution in [-0.4, -0.2) is 50.7 Å². The van der Waals surface area contributed by atoms with Crippen molar-refractivity contribution in [1.29, 1.82) is 0 Å². The zero-order chi connectivity index (χ0) is 10.6. The lowest BCUT2D eigenvalue weighted by Crippen LogP contribution is -1.82. The number of carbonyl (C=O) groups is 1. The maximum Gasteiger partial charge on any atom is 0.327 e. The summed E-state index contributed by atoms with van der Waals surface area (Å²) in [6.45, 7) is 8.96. The summed E-state index contributed by atoms with van der Waals surface area (Å²) in [6, 6.07) is 0. The molecule has 0 aromatic rings. The molecule has 3 rings (SSSR count). The van der Waals surface area contributed by atoms with Crippen molar-refractivity contribution < 1.29 is 24.1 Å². The van der Waals surface area contributed by atoms with Gasteiger partial charge in [0.2, 0.25) is 0 Å². The van der Waals surface area contributed by atoms with Crippen LogP contribution >= 0.6 is 0 Å². The van der Waals surface area contributed by atoms with Crippen LogP contribution in [0.15, 0.2) is 12.7 Å². The third kappa shape index (κ3) is 67.5.